The third-order valence-electron chi connectivity index (χ3n) is 3.74. The number of hydrogen-bond acceptors (Lipinski definition) is 4. The number of benzene rings is 1. The first-order chi connectivity index (χ1) is 11.4. The Morgan fingerprint density at radius 1 is 1.17 bits per heavy atom. The lowest BCUT2D eigenvalue weighted by Crippen LogP contribution is -2.54. The van der Waals surface area contributed by atoms with E-state index in [-0.39, 0.29) is 5.57 Å². The topological polar surface area (TPSA) is 66.5 Å². The second-order valence-electron chi connectivity index (χ2n) is 5.36. The molecular formula is C17H13BrN2O3S. The van der Waals surface area contributed by atoms with Gasteiger partial charge in [0.15, 0.2) is 0 Å². The van der Waals surface area contributed by atoms with Crippen LogP contribution in [0.5, 0.6) is 0 Å². The van der Waals surface area contributed by atoms with Gasteiger partial charge in [-0.2, -0.15) is 0 Å². The standard InChI is InChI=1S/C17H13BrN2O3S/c1-9-6-13(18)14(7-10(9)2)20-16(22)12(15(21)19-17(20)23)8-11-4-3-5-24-11/h3-8H,1-2H3,(H,19,21,23)/b12-8-. The molecule has 4 amide bonds. The second kappa shape index (κ2) is 6.33. The van der Waals surface area contributed by atoms with Gasteiger partial charge in [0.1, 0.15) is 5.57 Å². The number of halogens is 1. The number of carbonyl (C=O) groups is 3. The van der Waals surface area contributed by atoms with Crippen molar-refractivity contribution in [1.82, 2.24) is 5.32 Å². The minimum atomic E-state index is -0.753. The van der Waals surface area contributed by atoms with E-state index < -0.39 is 17.8 Å². The highest BCUT2D eigenvalue weighted by atomic mass is 79.9. The number of rotatable bonds is 2. The van der Waals surface area contributed by atoms with Gasteiger partial charge in [-0.1, -0.05) is 6.07 Å². The molecule has 2 aromatic rings. The van der Waals surface area contributed by atoms with Crippen molar-refractivity contribution in [3.63, 3.8) is 0 Å². The summed E-state index contributed by atoms with van der Waals surface area (Å²) >= 11 is 4.80. The van der Waals surface area contributed by atoms with Crippen LogP contribution in [0.1, 0.15) is 16.0 Å². The Hall–Kier alpha value is -2.25. The molecule has 1 saturated heterocycles. The van der Waals surface area contributed by atoms with Gasteiger partial charge in [0.25, 0.3) is 11.8 Å². The van der Waals surface area contributed by atoms with Crippen LogP contribution in [0.2, 0.25) is 0 Å². The molecule has 0 unspecified atom stereocenters. The lowest BCUT2D eigenvalue weighted by atomic mass is 10.1. The number of nitrogens with zero attached hydrogens (tertiary/aromatic N) is 1. The fraction of sp³-hybridized carbons (Fsp3) is 0.118. The summed E-state index contributed by atoms with van der Waals surface area (Å²) in [4.78, 5) is 38.8. The molecule has 1 aromatic carbocycles. The van der Waals surface area contributed by atoms with Gasteiger partial charge in [-0.05, 0) is 70.6 Å². The molecule has 0 atom stereocenters. The summed E-state index contributed by atoms with van der Waals surface area (Å²) in [5, 5.41) is 4.07. The predicted octanol–water partition coefficient (Wildman–Crippen LogP) is 3.79. The fourth-order valence-corrected chi connectivity index (χ4v) is 3.62. The third kappa shape index (κ3) is 2.92. The first kappa shape index (κ1) is 16.6. The van der Waals surface area contributed by atoms with E-state index in [2.05, 4.69) is 21.2 Å². The summed E-state index contributed by atoms with van der Waals surface area (Å²) in [5.74, 6) is -1.32. The molecule has 122 valence electrons. The Morgan fingerprint density at radius 2 is 1.88 bits per heavy atom. The summed E-state index contributed by atoms with van der Waals surface area (Å²) in [6.45, 7) is 3.83. The number of barbiturate groups is 1. The molecule has 1 aliphatic rings. The van der Waals surface area contributed by atoms with Gasteiger partial charge in [0.05, 0.1) is 5.69 Å². The maximum Gasteiger partial charge on any atom is 0.335 e. The van der Waals surface area contributed by atoms with E-state index in [1.807, 2.05) is 31.4 Å². The minimum Gasteiger partial charge on any atom is -0.273 e. The van der Waals surface area contributed by atoms with Gasteiger partial charge in [0.2, 0.25) is 0 Å². The maximum atomic E-state index is 12.8. The van der Waals surface area contributed by atoms with Gasteiger partial charge in [-0.3, -0.25) is 14.9 Å². The summed E-state index contributed by atoms with van der Waals surface area (Å²) in [5.41, 5.74) is 2.31. The van der Waals surface area contributed by atoms with Crippen molar-refractivity contribution in [2.24, 2.45) is 0 Å². The van der Waals surface area contributed by atoms with Crippen molar-refractivity contribution in [1.29, 1.82) is 0 Å². The van der Waals surface area contributed by atoms with Crippen LogP contribution in [0.3, 0.4) is 0 Å². The van der Waals surface area contributed by atoms with E-state index in [0.717, 1.165) is 20.9 Å². The summed E-state index contributed by atoms with van der Waals surface area (Å²) in [6, 6.07) is 6.45. The molecule has 24 heavy (non-hydrogen) atoms. The number of urea groups is 1. The zero-order valence-electron chi connectivity index (χ0n) is 12.9. The highest BCUT2D eigenvalue weighted by Crippen LogP contribution is 2.32. The summed E-state index contributed by atoms with van der Waals surface area (Å²) in [6.07, 6.45) is 1.50. The van der Waals surface area contributed by atoms with E-state index in [0.29, 0.717) is 10.2 Å². The van der Waals surface area contributed by atoms with Crippen LogP contribution in [-0.4, -0.2) is 17.8 Å². The van der Waals surface area contributed by atoms with Crippen LogP contribution in [0.4, 0.5) is 10.5 Å². The molecule has 0 spiro atoms. The van der Waals surface area contributed by atoms with Crippen LogP contribution in [0.15, 0.2) is 39.7 Å². The maximum absolute atomic E-state index is 12.8. The van der Waals surface area contributed by atoms with Gasteiger partial charge in [-0.15, -0.1) is 11.3 Å². The first-order valence-corrected chi connectivity index (χ1v) is 8.77. The zero-order chi connectivity index (χ0) is 17.4. The van der Waals surface area contributed by atoms with Crippen molar-refractivity contribution < 1.29 is 14.4 Å². The average Bonchev–Trinajstić information content (AvgIpc) is 3.01. The fourth-order valence-electron chi connectivity index (χ4n) is 2.33. The van der Waals surface area contributed by atoms with Crippen LogP contribution in [-0.2, 0) is 9.59 Å². The van der Waals surface area contributed by atoms with Crippen LogP contribution >= 0.6 is 27.3 Å². The van der Waals surface area contributed by atoms with Gasteiger partial charge in [0, 0.05) is 9.35 Å². The summed E-state index contributed by atoms with van der Waals surface area (Å²) in [7, 11) is 0. The van der Waals surface area contributed by atoms with E-state index >= 15 is 0 Å². The molecule has 5 nitrogen and oxygen atoms in total. The molecule has 0 bridgehead atoms. The minimum absolute atomic E-state index is 0.0674. The number of nitrogens with one attached hydrogen (secondary N) is 1. The molecule has 0 saturated carbocycles. The lowest BCUT2D eigenvalue weighted by Gasteiger charge is -2.27. The van der Waals surface area contributed by atoms with Crippen molar-refractivity contribution in [3.05, 3.63) is 55.7 Å². The smallest absolute Gasteiger partial charge is 0.273 e. The number of imide groups is 2. The van der Waals surface area contributed by atoms with Crippen LogP contribution in [0.25, 0.3) is 6.08 Å². The first-order valence-electron chi connectivity index (χ1n) is 7.10. The Morgan fingerprint density at radius 3 is 2.54 bits per heavy atom. The monoisotopic (exact) mass is 404 g/mol. The van der Waals surface area contributed by atoms with E-state index in [1.54, 1.807) is 12.1 Å². The summed E-state index contributed by atoms with van der Waals surface area (Å²) < 4.78 is 0.610. The van der Waals surface area contributed by atoms with Crippen LogP contribution in [0, 0.1) is 13.8 Å². The number of anilines is 1. The Bertz CT molecular complexity index is 887. The quantitative estimate of drug-likeness (QED) is 0.611. The molecule has 0 aliphatic carbocycles. The molecule has 2 heterocycles. The zero-order valence-corrected chi connectivity index (χ0v) is 15.3. The second-order valence-corrected chi connectivity index (χ2v) is 7.19. The number of aryl methyl sites for hydroxylation is 2. The van der Waals surface area contributed by atoms with Gasteiger partial charge in [-0.25, -0.2) is 9.69 Å². The number of amides is 4. The van der Waals surface area contributed by atoms with E-state index in [9.17, 15) is 14.4 Å². The Kier molecular flexibility index (Phi) is 4.38. The lowest BCUT2D eigenvalue weighted by molar-refractivity contribution is -0.122. The molecular weight excluding hydrogens is 392 g/mol. The number of carbonyl (C=O) groups excluding carboxylic acids is 3. The van der Waals surface area contributed by atoms with Crippen molar-refractivity contribution in [2.45, 2.75) is 13.8 Å². The number of hydrogen-bond donors (Lipinski definition) is 1. The predicted molar refractivity (Wildman–Crippen MR) is 96.9 cm³/mol. The molecule has 1 aromatic heterocycles. The van der Waals surface area contributed by atoms with Gasteiger partial charge < -0.3 is 0 Å². The van der Waals surface area contributed by atoms with E-state index in [1.165, 1.54) is 17.4 Å². The van der Waals surface area contributed by atoms with Crippen molar-refractivity contribution in [2.75, 3.05) is 4.90 Å². The highest BCUT2D eigenvalue weighted by Gasteiger charge is 2.37. The van der Waals surface area contributed by atoms with E-state index in [4.69, 9.17) is 0 Å². The Balaban J connectivity index is 2.08. The Labute approximate surface area is 151 Å². The normalized spacial score (nSPS) is 16.7. The van der Waals surface area contributed by atoms with Crippen molar-refractivity contribution >= 4 is 56.9 Å². The molecule has 7 heteroatoms. The third-order valence-corrected chi connectivity index (χ3v) is 5.19. The largest absolute Gasteiger partial charge is 0.335 e. The SMILES string of the molecule is Cc1cc(Br)c(N2C(=O)NC(=O)/C(=C/c3cccs3)C2=O)cc1C. The number of thiophene rings is 1. The van der Waals surface area contributed by atoms with Crippen LogP contribution < -0.4 is 10.2 Å². The molecule has 0 radical (unpaired) electrons. The molecule has 3 rings (SSSR count). The molecule has 1 aliphatic heterocycles. The van der Waals surface area contributed by atoms with Gasteiger partial charge >= 0.3 is 6.03 Å². The molecule has 1 N–H and O–H groups in total. The average molecular weight is 405 g/mol. The molecule has 1 fully saturated rings. The van der Waals surface area contributed by atoms with Crippen molar-refractivity contribution in [3.8, 4) is 0 Å². The highest BCUT2D eigenvalue weighted by molar-refractivity contribution is 9.10.